The van der Waals surface area contributed by atoms with Crippen molar-refractivity contribution in [2.45, 2.75) is 17.9 Å². The number of para-hydroxylation sites is 2. The van der Waals surface area contributed by atoms with Crippen LogP contribution in [0.5, 0.6) is 5.75 Å². The molecule has 0 saturated heterocycles. The van der Waals surface area contributed by atoms with Crippen molar-refractivity contribution in [2.75, 3.05) is 38.0 Å². The van der Waals surface area contributed by atoms with Crippen LogP contribution >= 0.6 is 0 Å². The number of amides is 1. The molecule has 150 valence electrons. The summed E-state index contributed by atoms with van der Waals surface area (Å²) in [5.74, 6) is 0.0395. The van der Waals surface area contributed by atoms with Gasteiger partial charge in [-0.1, -0.05) is 29.8 Å². The third-order valence-electron chi connectivity index (χ3n) is 4.49. The molecule has 28 heavy (non-hydrogen) atoms. The Labute approximate surface area is 166 Å². The number of hydrogen-bond acceptors (Lipinski definition) is 5. The van der Waals surface area contributed by atoms with Gasteiger partial charge in [0, 0.05) is 13.1 Å². The number of anilines is 1. The molecule has 1 amide bonds. The molecular formula is C20H25N3O4S. The molecule has 3 rings (SSSR count). The maximum absolute atomic E-state index is 13.3. The van der Waals surface area contributed by atoms with Gasteiger partial charge in [-0.3, -0.25) is 9.10 Å². The monoisotopic (exact) mass is 403 g/mol. The summed E-state index contributed by atoms with van der Waals surface area (Å²) in [4.78, 5) is 14.7. The summed E-state index contributed by atoms with van der Waals surface area (Å²) in [6.07, 6.45) is -0.919. The van der Waals surface area contributed by atoms with Crippen molar-refractivity contribution in [1.29, 1.82) is 0 Å². The van der Waals surface area contributed by atoms with Crippen LogP contribution in [0.3, 0.4) is 0 Å². The van der Waals surface area contributed by atoms with E-state index in [0.717, 1.165) is 5.56 Å². The van der Waals surface area contributed by atoms with Crippen molar-refractivity contribution in [3.8, 4) is 5.75 Å². The molecule has 2 aromatic carbocycles. The summed E-state index contributed by atoms with van der Waals surface area (Å²) in [7, 11) is -0.00328. The highest BCUT2D eigenvalue weighted by Crippen LogP contribution is 2.36. The van der Waals surface area contributed by atoms with Crippen LogP contribution in [0.1, 0.15) is 5.56 Å². The lowest BCUT2D eigenvalue weighted by molar-refractivity contribution is -0.127. The Bertz CT molecular complexity index is 942. The zero-order valence-electron chi connectivity index (χ0n) is 16.3. The molecule has 0 bridgehead atoms. The molecule has 1 atom stereocenters. The lowest BCUT2D eigenvalue weighted by Crippen LogP contribution is -2.51. The van der Waals surface area contributed by atoms with Crippen molar-refractivity contribution in [1.82, 2.24) is 10.2 Å². The Balaban J connectivity index is 1.89. The number of hydrogen-bond donors (Lipinski definition) is 1. The van der Waals surface area contributed by atoms with Crippen LogP contribution in [0.15, 0.2) is 53.4 Å². The van der Waals surface area contributed by atoms with Gasteiger partial charge in [0.25, 0.3) is 15.9 Å². The number of ether oxygens (including phenoxy) is 1. The molecule has 7 nitrogen and oxygen atoms in total. The maximum atomic E-state index is 13.3. The first-order chi connectivity index (χ1) is 13.3. The number of fused-ring (bicyclic) bond motifs is 1. The van der Waals surface area contributed by atoms with Gasteiger partial charge in [0.2, 0.25) is 0 Å². The summed E-state index contributed by atoms with van der Waals surface area (Å²) in [5.41, 5.74) is 1.40. The number of aryl methyl sites for hydroxylation is 1. The zero-order chi connectivity index (χ0) is 20.3. The fourth-order valence-electron chi connectivity index (χ4n) is 2.92. The van der Waals surface area contributed by atoms with E-state index >= 15 is 0 Å². The van der Waals surface area contributed by atoms with Crippen molar-refractivity contribution < 1.29 is 17.9 Å². The van der Waals surface area contributed by atoms with E-state index in [1.54, 1.807) is 48.5 Å². The van der Waals surface area contributed by atoms with Crippen LogP contribution in [-0.2, 0) is 14.8 Å². The Hall–Kier alpha value is -2.58. The van der Waals surface area contributed by atoms with Gasteiger partial charge in [-0.2, -0.15) is 0 Å². The standard InChI is InChI=1S/C20H25N3O4S/c1-15-8-10-16(11-9-15)28(25,26)23-14-19(20(24)21-12-13-22(2)3)27-18-7-5-4-6-17(18)23/h4-11,19H,12-14H2,1-3H3,(H,21,24)/t19-/m0/s1. The molecule has 0 unspecified atom stereocenters. The molecule has 1 aliphatic rings. The van der Waals surface area contributed by atoms with Crippen LogP contribution in [0.4, 0.5) is 5.69 Å². The molecule has 2 aromatic rings. The van der Waals surface area contributed by atoms with Gasteiger partial charge in [-0.05, 0) is 45.3 Å². The molecule has 0 fully saturated rings. The van der Waals surface area contributed by atoms with Crippen LogP contribution in [0, 0.1) is 6.92 Å². The summed E-state index contributed by atoms with van der Waals surface area (Å²) >= 11 is 0. The minimum atomic E-state index is -3.83. The van der Waals surface area contributed by atoms with E-state index in [0.29, 0.717) is 24.5 Å². The number of nitrogens with one attached hydrogen (secondary N) is 1. The fraction of sp³-hybridized carbons (Fsp3) is 0.350. The first-order valence-corrected chi connectivity index (χ1v) is 10.5. The second-order valence-electron chi connectivity index (χ2n) is 7.02. The van der Waals surface area contributed by atoms with E-state index in [2.05, 4.69) is 5.32 Å². The first-order valence-electron chi connectivity index (χ1n) is 9.06. The van der Waals surface area contributed by atoms with Gasteiger partial charge >= 0.3 is 0 Å². The Morgan fingerprint density at radius 3 is 2.54 bits per heavy atom. The Morgan fingerprint density at radius 1 is 1.18 bits per heavy atom. The summed E-state index contributed by atoms with van der Waals surface area (Å²) in [5, 5.41) is 2.81. The predicted molar refractivity (Wildman–Crippen MR) is 108 cm³/mol. The third-order valence-corrected chi connectivity index (χ3v) is 6.29. The topological polar surface area (TPSA) is 79.0 Å². The number of likely N-dealkylation sites (N-methyl/N-ethyl adjacent to an activating group) is 1. The average Bonchev–Trinajstić information content (AvgIpc) is 2.67. The molecule has 0 aliphatic carbocycles. The number of nitrogens with zero attached hydrogens (tertiary/aromatic N) is 2. The molecule has 0 radical (unpaired) electrons. The molecule has 1 heterocycles. The van der Waals surface area contributed by atoms with E-state index in [1.165, 1.54) is 4.31 Å². The fourth-order valence-corrected chi connectivity index (χ4v) is 4.40. The highest BCUT2D eigenvalue weighted by Gasteiger charge is 2.37. The second-order valence-corrected chi connectivity index (χ2v) is 8.88. The Kier molecular flexibility index (Phi) is 5.90. The number of sulfonamides is 1. The second kappa shape index (κ2) is 8.20. The quantitative estimate of drug-likeness (QED) is 0.793. The van der Waals surface area contributed by atoms with E-state index in [4.69, 9.17) is 4.74 Å². The number of carbonyl (C=O) groups is 1. The van der Waals surface area contributed by atoms with Gasteiger partial charge < -0.3 is 15.0 Å². The van der Waals surface area contributed by atoms with E-state index in [-0.39, 0.29) is 17.3 Å². The highest BCUT2D eigenvalue weighted by atomic mass is 32.2. The van der Waals surface area contributed by atoms with Crippen molar-refractivity contribution in [2.24, 2.45) is 0 Å². The Morgan fingerprint density at radius 2 is 1.86 bits per heavy atom. The predicted octanol–water partition coefficient (Wildman–Crippen LogP) is 1.63. The summed E-state index contributed by atoms with van der Waals surface area (Å²) in [6.45, 7) is 2.95. The molecule has 1 N–H and O–H groups in total. The minimum Gasteiger partial charge on any atom is -0.476 e. The van der Waals surface area contributed by atoms with Crippen LogP contribution < -0.4 is 14.4 Å². The summed E-state index contributed by atoms with van der Waals surface area (Å²) in [6, 6.07) is 13.5. The SMILES string of the molecule is Cc1ccc(S(=O)(=O)N2C[C@@H](C(=O)NCCN(C)C)Oc3ccccc32)cc1. The van der Waals surface area contributed by atoms with E-state index in [1.807, 2.05) is 25.9 Å². The number of benzene rings is 2. The molecule has 1 aliphatic heterocycles. The average molecular weight is 404 g/mol. The van der Waals surface area contributed by atoms with Crippen molar-refractivity contribution in [3.05, 3.63) is 54.1 Å². The molecular weight excluding hydrogens is 378 g/mol. The minimum absolute atomic E-state index is 0.0823. The first kappa shape index (κ1) is 20.2. The van der Waals surface area contributed by atoms with Crippen molar-refractivity contribution in [3.63, 3.8) is 0 Å². The van der Waals surface area contributed by atoms with Crippen LogP contribution in [0.2, 0.25) is 0 Å². The smallest absolute Gasteiger partial charge is 0.264 e. The van der Waals surface area contributed by atoms with E-state index in [9.17, 15) is 13.2 Å². The molecule has 8 heteroatoms. The van der Waals surface area contributed by atoms with Crippen LogP contribution in [0.25, 0.3) is 0 Å². The third kappa shape index (κ3) is 4.28. The highest BCUT2D eigenvalue weighted by molar-refractivity contribution is 7.92. The largest absolute Gasteiger partial charge is 0.476 e. The molecule has 0 aromatic heterocycles. The number of rotatable bonds is 6. The molecule has 0 spiro atoms. The molecule has 0 saturated carbocycles. The maximum Gasteiger partial charge on any atom is 0.264 e. The van der Waals surface area contributed by atoms with Gasteiger partial charge in [0.05, 0.1) is 17.1 Å². The van der Waals surface area contributed by atoms with E-state index < -0.39 is 16.1 Å². The van der Waals surface area contributed by atoms with Gasteiger partial charge in [0.1, 0.15) is 5.75 Å². The lowest BCUT2D eigenvalue weighted by atomic mass is 10.2. The normalized spacial score (nSPS) is 16.4. The van der Waals surface area contributed by atoms with Gasteiger partial charge in [0.15, 0.2) is 6.10 Å². The van der Waals surface area contributed by atoms with Crippen molar-refractivity contribution >= 4 is 21.6 Å². The lowest BCUT2D eigenvalue weighted by Gasteiger charge is -2.34. The number of carbonyl (C=O) groups excluding carboxylic acids is 1. The summed E-state index contributed by atoms with van der Waals surface area (Å²) < 4.78 is 33.6. The van der Waals surface area contributed by atoms with Gasteiger partial charge in [-0.25, -0.2) is 8.42 Å². The zero-order valence-corrected chi connectivity index (χ0v) is 17.1. The van der Waals surface area contributed by atoms with Crippen LogP contribution in [-0.4, -0.2) is 59.1 Å². The van der Waals surface area contributed by atoms with Gasteiger partial charge in [-0.15, -0.1) is 0 Å².